The number of sulfonamides is 1. The Morgan fingerprint density at radius 3 is 2.44 bits per heavy atom. The lowest BCUT2D eigenvalue weighted by Crippen LogP contribution is -2.27. The largest absolute Gasteiger partial charge is 0.346 e. The van der Waals surface area contributed by atoms with Crippen molar-refractivity contribution in [3.8, 4) is 5.69 Å². The van der Waals surface area contributed by atoms with Crippen LogP contribution in [-0.2, 0) is 10.0 Å². The van der Waals surface area contributed by atoms with E-state index in [1.807, 2.05) is 44.2 Å². The molecular formula is C25H25N5O3S. The van der Waals surface area contributed by atoms with E-state index in [2.05, 4.69) is 20.1 Å². The topological polar surface area (TPSA) is 106 Å². The number of rotatable bonds is 7. The lowest BCUT2D eigenvalue weighted by molar-refractivity contribution is 0.0939. The average Bonchev–Trinajstić information content (AvgIpc) is 3.34. The highest BCUT2D eigenvalue weighted by Gasteiger charge is 2.20. The number of aryl methyl sites for hydroxylation is 2. The van der Waals surface area contributed by atoms with E-state index < -0.39 is 10.0 Å². The number of amides is 1. The lowest BCUT2D eigenvalue weighted by Gasteiger charge is -2.17. The van der Waals surface area contributed by atoms with Crippen molar-refractivity contribution in [2.45, 2.75) is 31.7 Å². The van der Waals surface area contributed by atoms with Gasteiger partial charge in [0.2, 0.25) is 0 Å². The molecule has 1 aromatic heterocycles. The van der Waals surface area contributed by atoms with Crippen molar-refractivity contribution in [2.75, 3.05) is 4.72 Å². The van der Waals surface area contributed by atoms with Crippen molar-refractivity contribution in [3.63, 3.8) is 0 Å². The number of benzene rings is 3. The summed E-state index contributed by atoms with van der Waals surface area (Å²) in [6.07, 6.45) is 3.07. The van der Waals surface area contributed by atoms with E-state index >= 15 is 0 Å². The van der Waals surface area contributed by atoms with Gasteiger partial charge >= 0.3 is 0 Å². The third kappa shape index (κ3) is 5.15. The summed E-state index contributed by atoms with van der Waals surface area (Å²) >= 11 is 0. The molecule has 174 valence electrons. The fourth-order valence-corrected chi connectivity index (χ4v) is 4.63. The monoisotopic (exact) mass is 475 g/mol. The predicted molar refractivity (Wildman–Crippen MR) is 130 cm³/mol. The van der Waals surface area contributed by atoms with Crippen molar-refractivity contribution in [2.24, 2.45) is 0 Å². The third-order valence-corrected chi connectivity index (χ3v) is 6.84. The van der Waals surface area contributed by atoms with Crippen LogP contribution in [0.5, 0.6) is 0 Å². The van der Waals surface area contributed by atoms with Crippen LogP contribution >= 0.6 is 0 Å². The van der Waals surface area contributed by atoms with Crippen molar-refractivity contribution in [1.82, 2.24) is 20.1 Å². The smallest absolute Gasteiger partial charge is 0.261 e. The minimum atomic E-state index is -3.85. The molecule has 0 aliphatic rings. The Morgan fingerprint density at radius 2 is 1.76 bits per heavy atom. The standard InChI is InChI=1S/C25H25N5O3S/c1-17-5-4-6-21(13-17)29-34(32,33)23-12-7-18(2)24(14-23)25(31)28-19(3)20-8-10-22(11-9-20)30-16-26-15-27-30/h4-16,19,29H,1-3H3,(H,28,31). The molecule has 4 aromatic rings. The summed E-state index contributed by atoms with van der Waals surface area (Å²) in [6, 6.07) is 18.9. The SMILES string of the molecule is Cc1cccc(NS(=O)(=O)c2ccc(C)c(C(=O)NC(C)c3ccc(-n4cncn4)cc3)c2)c1. The molecule has 9 heteroatoms. The zero-order valence-electron chi connectivity index (χ0n) is 19.1. The Labute approximate surface area is 198 Å². The van der Waals surface area contributed by atoms with Crippen LogP contribution in [-0.4, -0.2) is 29.1 Å². The van der Waals surface area contributed by atoms with Crippen LogP contribution in [0.2, 0.25) is 0 Å². The Balaban J connectivity index is 1.51. The van der Waals surface area contributed by atoms with Gasteiger partial charge in [-0.05, 0) is 73.9 Å². The maximum Gasteiger partial charge on any atom is 0.261 e. The number of anilines is 1. The fraction of sp³-hybridized carbons (Fsp3) is 0.160. The molecule has 0 aliphatic heterocycles. The van der Waals surface area contributed by atoms with E-state index in [1.165, 1.54) is 18.5 Å². The second kappa shape index (κ2) is 9.48. The van der Waals surface area contributed by atoms with Gasteiger partial charge in [-0.3, -0.25) is 9.52 Å². The van der Waals surface area contributed by atoms with Crippen LogP contribution in [0.15, 0.2) is 84.3 Å². The van der Waals surface area contributed by atoms with Crippen LogP contribution in [0.3, 0.4) is 0 Å². The molecular weight excluding hydrogens is 450 g/mol. The van der Waals surface area contributed by atoms with Gasteiger partial charge < -0.3 is 5.32 Å². The fourth-order valence-electron chi connectivity index (χ4n) is 3.55. The molecule has 1 atom stereocenters. The molecule has 34 heavy (non-hydrogen) atoms. The van der Waals surface area contributed by atoms with Crippen LogP contribution in [0.25, 0.3) is 5.69 Å². The Kier molecular flexibility index (Phi) is 6.47. The minimum Gasteiger partial charge on any atom is -0.346 e. The molecule has 2 N–H and O–H groups in total. The van der Waals surface area contributed by atoms with Gasteiger partial charge in [0, 0.05) is 11.3 Å². The van der Waals surface area contributed by atoms with Crippen molar-refractivity contribution in [1.29, 1.82) is 0 Å². The van der Waals surface area contributed by atoms with Gasteiger partial charge in [0.05, 0.1) is 16.6 Å². The zero-order chi connectivity index (χ0) is 24.3. The van der Waals surface area contributed by atoms with Crippen molar-refractivity contribution >= 4 is 21.6 Å². The van der Waals surface area contributed by atoms with Crippen LogP contribution in [0.4, 0.5) is 5.69 Å². The maximum atomic E-state index is 13.0. The molecule has 1 unspecified atom stereocenters. The molecule has 4 rings (SSSR count). The summed E-state index contributed by atoms with van der Waals surface area (Å²) in [4.78, 5) is 17.0. The highest BCUT2D eigenvalue weighted by atomic mass is 32.2. The van der Waals surface area contributed by atoms with Gasteiger partial charge in [0.25, 0.3) is 15.9 Å². The Bertz CT molecular complexity index is 1420. The summed E-state index contributed by atoms with van der Waals surface area (Å²) in [5, 5.41) is 7.05. The number of carbonyl (C=O) groups is 1. The first-order valence-corrected chi connectivity index (χ1v) is 12.2. The summed E-state index contributed by atoms with van der Waals surface area (Å²) < 4.78 is 30.1. The number of hydrogen-bond donors (Lipinski definition) is 2. The second-order valence-corrected chi connectivity index (χ2v) is 9.76. The summed E-state index contributed by atoms with van der Waals surface area (Å²) in [6.45, 7) is 5.53. The molecule has 0 spiro atoms. The van der Waals surface area contributed by atoms with Crippen LogP contribution < -0.4 is 10.0 Å². The molecule has 1 amide bonds. The zero-order valence-corrected chi connectivity index (χ0v) is 19.9. The number of aromatic nitrogens is 3. The van der Waals surface area contributed by atoms with E-state index in [4.69, 9.17) is 0 Å². The van der Waals surface area contributed by atoms with Crippen LogP contribution in [0.1, 0.15) is 40.0 Å². The van der Waals surface area contributed by atoms with E-state index in [0.717, 1.165) is 16.8 Å². The minimum absolute atomic E-state index is 0.0228. The Morgan fingerprint density at radius 1 is 1.00 bits per heavy atom. The predicted octanol–water partition coefficient (Wildman–Crippen LogP) is 4.18. The summed E-state index contributed by atoms with van der Waals surface area (Å²) in [5.41, 5.74) is 4.15. The van der Waals surface area contributed by atoms with E-state index in [-0.39, 0.29) is 16.8 Å². The van der Waals surface area contributed by atoms with Crippen LogP contribution in [0, 0.1) is 13.8 Å². The quantitative estimate of drug-likeness (QED) is 0.417. The second-order valence-electron chi connectivity index (χ2n) is 8.08. The van der Waals surface area contributed by atoms with Gasteiger partial charge in [-0.2, -0.15) is 5.10 Å². The normalized spacial score (nSPS) is 12.2. The molecule has 8 nitrogen and oxygen atoms in total. The van der Waals surface area contributed by atoms with Gasteiger partial charge in [-0.25, -0.2) is 18.1 Å². The van der Waals surface area contributed by atoms with Gasteiger partial charge in [0.1, 0.15) is 12.7 Å². The number of nitrogens with zero attached hydrogens (tertiary/aromatic N) is 3. The van der Waals surface area contributed by atoms with E-state index in [1.54, 1.807) is 42.2 Å². The van der Waals surface area contributed by atoms with Crippen molar-refractivity contribution in [3.05, 3.63) is 102 Å². The van der Waals surface area contributed by atoms with Crippen molar-refractivity contribution < 1.29 is 13.2 Å². The average molecular weight is 476 g/mol. The molecule has 0 saturated carbocycles. The van der Waals surface area contributed by atoms with Gasteiger partial charge in [-0.15, -0.1) is 0 Å². The van der Waals surface area contributed by atoms with Gasteiger partial charge in [-0.1, -0.05) is 30.3 Å². The highest BCUT2D eigenvalue weighted by molar-refractivity contribution is 7.92. The first-order chi connectivity index (χ1) is 16.2. The first kappa shape index (κ1) is 23.2. The summed E-state index contributed by atoms with van der Waals surface area (Å²) in [7, 11) is -3.85. The van der Waals surface area contributed by atoms with E-state index in [9.17, 15) is 13.2 Å². The highest BCUT2D eigenvalue weighted by Crippen LogP contribution is 2.21. The third-order valence-electron chi connectivity index (χ3n) is 5.46. The first-order valence-electron chi connectivity index (χ1n) is 10.7. The molecule has 0 bridgehead atoms. The number of hydrogen-bond acceptors (Lipinski definition) is 5. The maximum absolute atomic E-state index is 13.0. The molecule has 0 fully saturated rings. The Hall–Kier alpha value is -3.98. The van der Waals surface area contributed by atoms with Gasteiger partial charge in [0.15, 0.2) is 0 Å². The molecule has 1 heterocycles. The number of nitrogens with one attached hydrogen (secondary N) is 2. The number of carbonyl (C=O) groups excluding carboxylic acids is 1. The van der Waals surface area contributed by atoms with E-state index in [0.29, 0.717) is 16.8 Å². The molecule has 0 saturated heterocycles. The molecule has 0 radical (unpaired) electrons. The summed E-state index contributed by atoms with van der Waals surface area (Å²) in [5.74, 6) is -0.349. The molecule has 0 aliphatic carbocycles. The lowest BCUT2D eigenvalue weighted by atomic mass is 10.1. The molecule has 3 aromatic carbocycles.